The van der Waals surface area contributed by atoms with Crippen LogP contribution in [0.25, 0.3) is 0 Å². The van der Waals surface area contributed by atoms with Crippen LogP contribution in [-0.2, 0) is 26.0 Å². The lowest BCUT2D eigenvalue weighted by Crippen LogP contribution is -2.40. The second-order valence-electron chi connectivity index (χ2n) is 7.57. The molecular formula is C24H32N2O7S. The van der Waals surface area contributed by atoms with Crippen molar-refractivity contribution in [1.29, 1.82) is 0 Å². The fourth-order valence-electron chi connectivity index (χ4n) is 3.60. The van der Waals surface area contributed by atoms with Crippen molar-refractivity contribution in [3.63, 3.8) is 0 Å². The molecular weight excluding hydrogens is 460 g/mol. The number of sulfonamides is 1. The monoisotopic (exact) mass is 492 g/mol. The smallest absolute Gasteiger partial charge is 0.243 e. The third-order valence-corrected chi connectivity index (χ3v) is 7.20. The first-order chi connectivity index (χ1) is 16.4. The molecule has 0 atom stereocenters. The Bertz CT molecular complexity index is 1080. The Hall–Kier alpha value is -2.82. The molecule has 0 radical (unpaired) electrons. The van der Waals surface area contributed by atoms with Gasteiger partial charge in [-0.1, -0.05) is 6.07 Å². The molecule has 3 rings (SSSR count). The highest BCUT2D eigenvalue weighted by Gasteiger charge is 2.27. The van der Waals surface area contributed by atoms with Gasteiger partial charge in [-0.15, -0.1) is 0 Å². The maximum atomic E-state index is 13.0. The lowest BCUT2D eigenvalue weighted by Gasteiger charge is -2.26. The summed E-state index contributed by atoms with van der Waals surface area (Å²) in [6.45, 7) is 6.15. The standard InChI is InChI=1S/C24H32N2O7S/c1-4-32-22-9-6-18(16-23(22)33-5-2)7-11-24(27)25-20-17-19(8-10-21(20)30-3)34(28,29)26-12-14-31-15-13-26/h6,8-10,16-17H,4-5,7,11-15H2,1-3H3,(H,25,27). The Balaban J connectivity index is 1.70. The van der Waals surface area contributed by atoms with Crippen molar-refractivity contribution in [2.75, 3.05) is 51.9 Å². The normalized spacial score (nSPS) is 14.4. The molecule has 0 bridgehead atoms. The second-order valence-corrected chi connectivity index (χ2v) is 9.51. The third-order valence-electron chi connectivity index (χ3n) is 5.30. The first kappa shape index (κ1) is 25.8. The average Bonchev–Trinajstić information content (AvgIpc) is 2.85. The number of nitrogens with zero attached hydrogens (tertiary/aromatic N) is 1. The zero-order valence-corrected chi connectivity index (χ0v) is 20.7. The Kier molecular flexibility index (Phi) is 9.14. The van der Waals surface area contributed by atoms with Crippen LogP contribution in [0.4, 0.5) is 5.69 Å². The molecule has 1 aliphatic heterocycles. The number of nitrogens with one attached hydrogen (secondary N) is 1. The number of rotatable bonds is 11. The molecule has 0 spiro atoms. The predicted molar refractivity (Wildman–Crippen MR) is 128 cm³/mol. The van der Waals surface area contributed by atoms with E-state index in [4.69, 9.17) is 18.9 Å². The summed E-state index contributed by atoms with van der Waals surface area (Å²) < 4.78 is 49.2. The number of methoxy groups -OCH3 is 1. The number of morpholine rings is 1. The minimum atomic E-state index is -3.70. The van der Waals surface area contributed by atoms with Gasteiger partial charge in [0.1, 0.15) is 5.75 Å². The Morgan fingerprint density at radius 1 is 1.00 bits per heavy atom. The van der Waals surface area contributed by atoms with Gasteiger partial charge in [-0.3, -0.25) is 4.79 Å². The molecule has 1 fully saturated rings. The van der Waals surface area contributed by atoms with Crippen molar-refractivity contribution in [1.82, 2.24) is 4.31 Å². The van der Waals surface area contributed by atoms with Gasteiger partial charge in [0.2, 0.25) is 15.9 Å². The van der Waals surface area contributed by atoms with Gasteiger partial charge >= 0.3 is 0 Å². The molecule has 10 heteroatoms. The van der Waals surface area contributed by atoms with E-state index in [1.807, 2.05) is 32.0 Å². The number of aryl methyl sites for hydroxylation is 1. The highest BCUT2D eigenvalue weighted by molar-refractivity contribution is 7.89. The Morgan fingerprint density at radius 3 is 2.35 bits per heavy atom. The number of anilines is 1. The number of ether oxygens (including phenoxy) is 4. The molecule has 9 nitrogen and oxygen atoms in total. The van der Waals surface area contributed by atoms with Crippen molar-refractivity contribution < 1.29 is 32.2 Å². The lowest BCUT2D eigenvalue weighted by atomic mass is 10.1. The molecule has 0 aliphatic carbocycles. The van der Waals surface area contributed by atoms with Crippen LogP contribution in [0.5, 0.6) is 17.2 Å². The summed E-state index contributed by atoms with van der Waals surface area (Å²) in [4.78, 5) is 12.8. The van der Waals surface area contributed by atoms with Crippen LogP contribution in [0.15, 0.2) is 41.3 Å². The average molecular weight is 493 g/mol. The van der Waals surface area contributed by atoms with E-state index in [0.717, 1.165) is 5.56 Å². The third kappa shape index (κ3) is 6.40. The highest BCUT2D eigenvalue weighted by atomic mass is 32.2. The van der Waals surface area contributed by atoms with Crippen molar-refractivity contribution in [2.45, 2.75) is 31.6 Å². The molecule has 1 amide bonds. The summed E-state index contributed by atoms with van der Waals surface area (Å²) in [6.07, 6.45) is 0.676. The van der Waals surface area contributed by atoms with E-state index in [-0.39, 0.29) is 17.2 Å². The molecule has 1 heterocycles. The van der Waals surface area contributed by atoms with Gasteiger partial charge < -0.3 is 24.3 Å². The van der Waals surface area contributed by atoms with Gasteiger partial charge in [0, 0.05) is 19.5 Å². The molecule has 0 saturated carbocycles. The maximum Gasteiger partial charge on any atom is 0.243 e. The van der Waals surface area contributed by atoms with Gasteiger partial charge in [-0.2, -0.15) is 4.31 Å². The molecule has 1 N–H and O–H groups in total. The topological polar surface area (TPSA) is 103 Å². The van der Waals surface area contributed by atoms with E-state index in [2.05, 4.69) is 5.32 Å². The van der Waals surface area contributed by atoms with Crippen molar-refractivity contribution >= 4 is 21.6 Å². The van der Waals surface area contributed by atoms with Gasteiger partial charge in [0.15, 0.2) is 11.5 Å². The fourth-order valence-corrected chi connectivity index (χ4v) is 5.04. The van der Waals surface area contributed by atoms with E-state index in [1.54, 1.807) is 6.07 Å². The zero-order valence-electron chi connectivity index (χ0n) is 19.8. The molecule has 2 aromatic rings. The number of carbonyl (C=O) groups is 1. The lowest BCUT2D eigenvalue weighted by molar-refractivity contribution is -0.116. The summed E-state index contributed by atoms with van der Waals surface area (Å²) in [7, 11) is -2.23. The van der Waals surface area contributed by atoms with Crippen LogP contribution >= 0.6 is 0 Å². The van der Waals surface area contributed by atoms with E-state index in [0.29, 0.717) is 68.9 Å². The number of benzene rings is 2. The summed E-state index contributed by atoms with van der Waals surface area (Å²) >= 11 is 0. The van der Waals surface area contributed by atoms with E-state index in [9.17, 15) is 13.2 Å². The highest BCUT2D eigenvalue weighted by Crippen LogP contribution is 2.31. The quantitative estimate of drug-likeness (QED) is 0.514. The summed E-state index contributed by atoms with van der Waals surface area (Å²) in [5.74, 6) is 1.44. The van der Waals surface area contributed by atoms with E-state index < -0.39 is 10.0 Å². The summed E-state index contributed by atoms with van der Waals surface area (Å²) in [5.41, 5.74) is 1.24. The second kappa shape index (κ2) is 12.0. The van der Waals surface area contributed by atoms with Crippen LogP contribution in [-0.4, -0.2) is 65.3 Å². The zero-order chi connectivity index (χ0) is 24.6. The fraction of sp³-hybridized carbons (Fsp3) is 0.458. The summed E-state index contributed by atoms with van der Waals surface area (Å²) in [6, 6.07) is 10.1. The predicted octanol–water partition coefficient (Wildman–Crippen LogP) is 3.08. The first-order valence-electron chi connectivity index (χ1n) is 11.3. The van der Waals surface area contributed by atoms with Crippen LogP contribution < -0.4 is 19.5 Å². The summed E-state index contributed by atoms with van der Waals surface area (Å²) in [5, 5.41) is 2.79. The minimum absolute atomic E-state index is 0.0957. The molecule has 1 saturated heterocycles. The van der Waals surface area contributed by atoms with Gasteiger partial charge in [0.05, 0.1) is 44.1 Å². The van der Waals surface area contributed by atoms with Crippen molar-refractivity contribution in [3.8, 4) is 17.2 Å². The number of amides is 1. The number of carbonyl (C=O) groups excluding carboxylic acids is 1. The maximum absolute atomic E-state index is 13.0. The molecule has 0 aromatic heterocycles. The van der Waals surface area contributed by atoms with E-state index >= 15 is 0 Å². The molecule has 34 heavy (non-hydrogen) atoms. The number of hydrogen-bond donors (Lipinski definition) is 1. The minimum Gasteiger partial charge on any atom is -0.495 e. The van der Waals surface area contributed by atoms with Crippen molar-refractivity contribution in [3.05, 3.63) is 42.0 Å². The van der Waals surface area contributed by atoms with Crippen molar-refractivity contribution in [2.24, 2.45) is 0 Å². The molecule has 186 valence electrons. The largest absolute Gasteiger partial charge is 0.495 e. The number of hydrogen-bond acceptors (Lipinski definition) is 7. The van der Waals surface area contributed by atoms with Gasteiger partial charge in [-0.25, -0.2) is 8.42 Å². The van der Waals surface area contributed by atoms with E-state index in [1.165, 1.54) is 23.5 Å². The molecule has 1 aliphatic rings. The SMILES string of the molecule is CCOc1ccc(CCC(=O)Nc2cc(S(=O)(=O)N3CCOCC3)ccc2OC)cc1OCC. The Labute approximate surface area is 201 Å². The van der Waals surface area contributed by atoms with Crippen LogP contribution in [0.3, 0.4) is 0 Å². The molecule has 2 aromatic carbocycles. The van der Waals surface area contributed by atoms with Gasteiger partial charge in [0.25, 0.3) is 0 Å². The first-order valence-corrected chi connectivity index (χ1v) is 12.8. The van der Waals surface area contributed by atoms with Gasteiger partial charge in [-0.05, 0) is 56.2 Å². The van der Waals surface area contributed by atoms with Crippen LogP contribution in [0, 0.1) is 0 Å². The van der Waals surface area contributed by atoms with Crippen LogP contribution in [0.1, 0.15) is 25.8 Å². The Morgan fingerprint density at radius 2 is 1.68 bits per heavy atom. The van der Waals surface area contributed by atoms with Crippen LogP contribution in [0.2, 0.25) is 0 Å². The molecule has 0 unspecified atom stereocenters.